The lowest BCUT2D eigenvalue weighted by Crippen LogP contribution is -2.30. The Morgan fingerprint density at radius 1 is 0.284 bits per heavy atom. The molecule has 0 rings (SSSR count). The average molecular weight is 1030 g/mol. The minimum absolute atomic E-state index is 0.0853. The Bertz CT molecular complexity index is 1420. The predicted octanol–water partition coefficient (Wildman–Crippen LogP) is 21.5. The van der Waals surface area contributed by atoms with Crippen molar-refractivity contribution < 1.29 is 28.6 Å². The number of hydrogen-bond acceptors (Lipinski definition) is 6. The second-order valence-corrected chi connectivity index (χ2v) is 20.9. The van der Waals surface area contributed by atoms with Gasteiger partial charge in [0.25, 0.3) is 0 Å². The smallest absolute Gasteiger partial charge is 0.306 e. The molecule has 0 aromatic carbocycles. The van der Waals surface area contributed by atoms with Crippen molar-refractivity contribution in [2.75, 3.05) is 13.2 Å². The molecule has 0 heterocycles. The summed E-state index contributed by atoms with van der Waals surface area (Å²) in [5, 5.41) is 0. The highest BCUT2D eigenvalue weighted by atomic mass is 16.6. The number of unbranched alkanes of at least 4 members (excludes halogenated alkanes) is 32. The van der Waals surface area contributed by atoms with E-state index in [-0.39, 0.29) is 31.1 Å². The molecular formula is C68H118O6. The lowest BCUT2D eigenvalue weighted by atomic mass is 10.0. The normalized spacial score (nSPS) is 12.6. The van der Waals surface area contributed by atoms with Gasteiger partial charge in [0, 0.05) is 19.3 Å². The van der Waals surface area contributed by atoms with Crippen LogP contribution in [0.4, 0.5) is 0 Å². The zero-order chi connectivity index (χ0) is 53.6. The molecule has 0 aliphatic carbocycles. The predicted molar refractivity (Wildman–Crippen MR) is 321 cm³/mol. The number of carbonyl (C=O) groups excluding carboxylic acids is 3. The molecular weight excluding hydrogens is 913 g/mol. The maximum absolute atomic E-state index is 12.9. The molecule has 1 atom stereocenters. The van der Waals surface area contributed by atoms with E-state index in [9.17, 15) is 14.4 Å². The van der Waals surface area contributed by atoms with Crippen molar-refractivity contribution in [3.63, 3.8) is 0 Å². The van der Waals surface area contributed by atoms with Crippen LogP contribution in [0.1, 0.15) is 310 Å². The van der Waals surface area contributed by atoms with Crippen LogP contribution in [0.3, 0.4) is 0 Å². The summed E-state index contributed by atoms with van der Waals surface area (Å²) in [4.78, 5) is 38.3. The molecule has 0 spiro atoms. The van der Waals surface area contributed by atoms with Gasteiger partial charge in [0.15, 0.2) is 6.10 Å². The van der Waals surface area contributed by atoms with E-state index in [1.807, 2.05) is 0 Å². The molecule has 0 aliphatic rings. The Balaban J connectivity index is 4.35. The molecule has 0 bridgehead atoms. The summed E-state index contributed by atoms with van der Waals surface area (Å²) in [6.07, 6.45) is 81.5. The molecule has 0 fully saturated rings. The standard InChI is InChI=1S/C68H118O6/c1-4-7-10-13-16-19-22-25-28-30-31-32-33-34-35-36-37-39-40-43-46-49-52-55-58-61-67(70)73-64-65(63-72-66(69)60-57-54-51-48-45-42-27-24-21-18-15-12-9-6-3)74-68(71)62-59-56-53-50-47-44-41-38-29-26-23-20-17-14-11-8-5-2/h8,11,17,20,22,25-26,29-31,33-34,41,44,65H,4-7,9-10,12-16,18-19,21,23-24,27-28,32,35-40,42-43,45-64H2,1-3H3/b11-8-,20-17-,25-22-,29-26-,31-30-,34-33-,44-41-. The van der Waals surface area contributed by atoms with Crippen molar-refractivity contribution in [1.82, 2.24) is 0 Å². The van der Waals surface area contributed by atoms with Gasteiger partial charge >= 0.3 is 17.9 Å². The number of allylic oxidation sites excluding steroid dienone is 14. The fraction of sp³-hybridized carbons (Fsp3) is 0.750. The molecule has 0 saturated carbocycles. The van der Waals surface area contributed by atoms with Crippen molar-refractivity contribution in [3.8, 4) is 0 Å². The maximum atomic E-state index is 12.9. The molecule has 6 heteroatoms. The van der Waals surface area contributed by atoms with E-state index in [0.29, 0.717) is 19.3 Å². The zero-order valence-electron chi connectivity index (χ0n) is 48.8. The molecule has 0 saturated heterocycles. The lowest BCUT2D eigenvalue weighted by molar-refractivity contribution is -0.167. The molecule has 0 aromatic heterocycles. The van der Waals surface area contributed by atoms with Crippen LogP contribution in [-0.2, 0) is 28.6 Å². The third kappa shape index (κ3) is 59.5. The quantitative estimate of drug-likeness (QED) is 0.0261. The average Bonchev–Trinajstić information content (AvgIpc) is 3.40. The van der Waals surface area contributed by atoms with E-state index in [4.69, 9.17) is 14.2 Å². The van der Waals surface area contributed by atoms with Crippen LogP contribution in [0.2, 0.25) is 0 Å². The van der Waals surface area contributed by atoms with Gasteiger partial charge in [-0.05, 0) is 96.3 Å². The highest BCUT2D eigenvalue weighted by Crippen LogP contribution is 2.16. The second kappa shape index (κ2) is 62.1. The van der Waals surface area contributed by atoms with Crippen molar-refractivity contribution in [2.45, 2.75) is 316 Å². The van der Waals surface area contributed by atoms with Crippen LogP contribution in [0.15, 0.2) is 85.1 Å². The van der Waals surface area contributed by atoms with Gasteiger partial charge in [-0.3, -0.25) is 14.4 Å². The maximum Gasteiger partial charge on any atom is 0.306 e. The first-order valence-electron chi connectivity index (χ1n) is 31.6. The topological polar surface area (TPSA) is 78.9 Å². The number of esters is 3. The largest absolute Gasteiger partial charge is 0.462 e. The Morgan fingerprint density at radius 2 is 0.527 bits per heavy atom. The molecule has 0 radical (unpaired) electrons. The lowest BCUT2D eigenvalue weighted by Gasteiger charge is -2.18. The molecule has 0 amide bonds. The Kier molecular flexibility index (Phi) is 59.3. The van der Waals surface area contributed by atoms with E-state index >= 15 is 0 Å². The van der Waals surface area contributed by atoms with Crippen molar-refractivity contribution in [1.29, 1.82) is 0 Å². The van der Waals surface area contributed by atoms with E-state index in [0.717, 1.165) is 109 Å². The van der Waals surface area contributed by atoms with Gasteiger partial charge < -0.3 is 14.2 Å². The van der Waals surface area contributed by atoms with Crippen molar-refractivity contribution in [3.05, 3.63) is 85.1 Å². The van der Waals surface area contributed by atoms with Gasteiger partial charge in [-0.25, -0.2) is 0 Å². The molecule has 1 unspecified atom stereocenters. The summed E-state index contributed by atoms with van der Waals surface area (Å²) in [5.41, 5.74) is 0. The highest BCUT2D eigenvalue weighted by molar-refractivity contribution is 5.71. The van der Waals surface area contributed by atoms with Crippen LogP contribution in [-0.4, -0.2) is 37.2 Å². The molecule has 74 heavy (non-hydrogen) atoms. The Morgan fingerprint density at radius 3 is 0.824 bits per heavy atom. The van der Waals surface area contributed by atoms with Crippen LogP contribution < -0.4 is 0 Å². The van der Waals surface area contributed by atoms with Gasteiger partial charge in [0.1, 0.15) is 13.2 Å². The first-order chi connectivity index (χ1) is 36.5. The number of rotatable bonds is 57. The summed E-state index contributed by atoms with van der Waals surface area (Å²) in [5.74, 6) is -0.902. The van der Waals surface area contributed by atoms with E-state index < -0.39 is 6.10 Å². The molecule has 0 aromatic rings. The van der Waals surface area contributed by atoms with Gasteiger partial charge in [0.2, 0.25) is 0 Å². The monoisotopic (exact) mass is 1030 g/mol. The summed E-state index contributed by atoms with van der Waals surface area (Å²) in [6, 6.07) is 0. The Hall–Kier alpha value is -3.41. The number of ether oxygens (including phenoxy) is 3. The molecule has 0 N–H and O–H groups in total. The van der Waals surface area contributed by atoms with Crippen molar-refractivity contribution in [2.24, 2.45) is 0 Å². The van der Waals surface area contributed by atoms with Gasteiger partial charge in [-0.15, -0.1) is 0 Å². The fourth-order valence-corrected chi connectivity index (χ4v) is 8.91. The second-order valence-electron chi connectivity index (χ2n) is 20.9. The molecule has 426 valence electrons. The number of hydrogen-bond donors (Lipinski definition) is 0. The van der Waals surface area contributed by atoms with Gasteiger partial charge in [0.05, 0.1) is 0 Å². The van der Waals surface area contributed by atoms with Crippen LogP contribution in [0.25, 0.3) is 0 Å². The third-order valence-corrected chi connectivity index (χ3v) is 13.6. The summed E-state index contributed by atoms with van der Waals surface area (Å²) < 4.78 is 16.9. The van der Waals surface area contributed by atoms with Gasteiger partial charge in [-0.1, -0.05) is 279 Å². The first-order valence-corrected chi connectivity index (χ1v) is 31.6. The molecule has 6 nitrogen and oxygen atoms in total. The number of carbonyl (C=O) groups is 3. The SMILES string of the molecule is CC/C=C\C/C=C\C/C=C\C/C=C\CCCCCCC(=O)OC(COC(=O)CCCCCCCCCCCC/C=C\C/C=C\C/C=C\CCCCCCC)COC(=O)CCCCCCCCCCCCCCCC. The van der Waals surface area contributed by atoms with E-state index in [2.05, 4.69) is 106 Å². The summed E-state index contributed by atoms with van der Waals surface area (Å²) >= 11 is 0. The van der Waals surface area contributed by atoms with E-state index in [1.165, 1.54) is 161 Å². The van der Waals surface area contributed by atoms with Crippen molar-refractivity contribution >= 4 is 17.9 Å². The van der Waals surface area contributed by atoms with Gasteiger partial charge in [-0.2, -0.15) is 0 Å². The van der Waals surface area contributed by atoms with E-state index in [1.54, 1.807) is 0 Å². The minimum Gasteiger partial charge on any atom is -0.462 e. The zero-order valence-corrected chi connectivity index (χ0v) is 48.8. The first kappa shape index (κ1) is 70.6. The van der Waals surface area contributed by atoms with Crippen LogP contribution >= 0.6 is 0 Å². The molecule has 0 aliphatic heterocycles. The van der Waals surface area contributed by atoms with Crippen LogP contribution in [0.5, 0.6) is 0 Å². The Labute approximate surface area is 458 Å². The summed E-state index contributed by atoms with van der Waals surface area (Å²) in [7, 11) is 0. The van der Waals surface area contributed by atoms with Crippen LogP contribution in [0, 0.1) is 0 Å². The highest BCUT2D eigenvalue weighted by Gasteiger charge is 2.19. The minimum atomic E-state index is -0.791. The fourth-order valence-electron chi connectivity index (χ4n) is 8.91. The third-order valence-electron chi connectivity index (χ3n) is 13.6. The summed E-state index contributed by atoms with van der Waals surface area (Å²) in [6.45, 7) is 6.52.